The summed E-state index contributed by atoms with van der Waals surface area (Å²) < 4.78 is 0. The van der Waals surface area contributed by atoms with E-state index in [0.29, 0.717) is 35.2 Å². The van der Waals surface area contributed by atoms with Gasteiger partial charge >= 0.3 is 0 Å². The highest BCUT2D eigenvalue weighted by Gasteiger charge is 2.25. The Hall–Kier alpha value is -2.94. The number of fused-ring (bicyclic) bond motifs is 1. The van der Waals surface area contributed by atoms with E-state index in [2.05, 4.69) is 44.5 Å². The molecular formula is C17H23N9. The van der Waals surface area contributed by atoms with Gasteiger partial charge in [-0.25, -0.2) is 4.98 Å². The number of nitrogens with zero attached hydrogens (tertiary/aromatic N) is 5. The van der Waals surface area contributed by atoms with Crippen molar-refractivity contribution in [1.29, 1.82) is 0 Å². The van der Waals surface area contributed by atoms with Crippen LogP contribution in [0, 0.1) is 5.92 Å². The third-order valence-electron chi connectivity index (χ3n) is 4.85. The topological polar surface area (TPSA) is 135 Å². The Kier molecular flexibility index (Phi) is 4.08. The zero-order valence-electron chi connectivity index (χ0n) is 14.9. The third-order valence-corrected chi connectivity index (χ3v) is 4.85. The lowest BCUT2D eigenvalue weighted by atomic mass is 10.0. The minimum atomic E-state index is 0.349. The SMILES string of the molecule is CC(C)[C@@H]1CN(c2nc(-c3ccc4[nH]nc(N)c4c3)nnc2N)CCN1. The van der Waals surface area contributed by atoms with Crippen LogP contribution in [0.1, 0.15) is 13.8 Å². The first-order valence-corrected chi connectivity index (χ1v) is 8.75. The van der Waals surface area contributed by atoms with Gasteiger partial charge in [0.15, 0.2) is 23.3 Å². The van der Waals surface area contributed by atoms with Gasteiger partial charge in [-0.2, -0.15) is 5.10 Å². The Morgan fingerprint density at radius 2 is 2.04 bits per heavy atom. The number of hydrogen-bond donors (Lipinski definition) is 4. The number of piperazine rings is 1. The first-order chi connectivity index (χ1) is 12.5. The van der Waals surface area contributed by atoms with Crippen LogP contribution in [-0.4, -0.2) is 51.1 Å². The Balaban J connectivity index is 1.70. The number of anilines is 3. The van der Waals surface area contributed by atoms with Gasteiger partial charge in [0, 0.05) is 36.6 Å². The van der Waals surface area contributed by atoms with Crippen LogP contribution >= 0.6 is 0 Å². The van der Waals surface area contributed by atoms with Crippen LogP contribution in [0.2, 0.25) is 0 Å². The number of nitrogens with two attached hydrogens (primary N) is 2. The zero-order valence-corrected chi connectivity index (χ0v) is 14.9. The fourth-order valence-corrected chi connectivity index (χ4v) is 3.27. The first kappa shape index (κ1) is 16.5. The van der Waals surface area contributed by atoms with Crippen molar-refractivity contribution in [1.82, 2.24) is 30.7 Å². The molecule has 4 rings (SSSR count). The summed E-state index contributed by atoms with van der Waals surface area (Å²) >= 11 is 0. The number of aromatic amines is 1. The first-order valence-electron chi connectivity index (χ1n) is 8.75. The van der Waals surface area contributed by atoms with Gasteiger partial charge < -0.3 is 21.7 Å². The Morgan fingerprint density at radius 1 is 1.19 bits per heavy atom. The molecule has 1 aromatic carbocycles. The van der Waals surface area contributed by atoms with Gasteiger partial charge in [-0.05, 0) is 24.1 Å². The molecule has 136 valence electrons. The summed E-state index contributed by atoms with van der Waals surface area (Å²) in [5, 5.41) is 19.6. The molecule has 3 aromatic rings. The maximum atomic E-state index is 6.08. The second-order valence-corrected chi connectivity index (χ2v) is 6.96. The fourth-order valence-electron chi connectivity index (χ4n) is 3.27. The highest BCUT2D eigenvalue weighted by molar-refractivity contribution is 5.91. The number of benzene rings is 1. The molecule has 1 aliphatic rings. The monoisotopic (exact) mass is 353 g/mol. The molecule has 9 heteroatoms. The van der Waals surface area contributed by atoms with Crippen molar-refractivity contribution >= 4 is 28.4 Å². The van der Waals surface area contributed by atoms with Crippen molar-refractivity contribution in [3.63, 3.8) is 0 Å². The number of nitrogen functional groups attached to an aromatic ring is 2. The van der Waals surface area contributed by atoms with Crippen LogP contribution in [0.15, 0.2) is 18.2 Å². The smallest absolute Gasteiger partial charge is 0.189 e. The van der Waals surface area contributed by atoms with Crippen LogP contribution in [0.25, 0.3) is 22.3 Å². The summed E-state index contributed by atoms with van der Waals surface area (Å²) in [7, 11) is 0. The minimum absolute atomic E-state index is 0.349. The lowest BCUT2D eigenvalue weighted by Gasteiger charge is -2.36. The Labute approximate surface area is 151 Å². The van der Waals surface area contributed by atoms with Gasteiger partial charge in [0.05, 0.1) is 5.52 Å². The fraction of sp³-hybridized carbons (Fsp3) is 0.412. The summed E-state index contributed by atoms with van der Waals surface area (Å²) in [6, 6.07) is 6.14. The molecule has 1 atom stereocenters. The average molecular weight is 353 g/mol. The lowest BCUT2D eigenvalue weighted by Crippen LogP contribution is -2.53. The standard InChI is InChI=1S/C17H23N9/c1-9(2)13-8-26(6-5-20-13)17-15(19)24-25-16(21-17)10-3-4-12-11(7-10)14(18)23-22-12/h3-4,7,9,13,20H,5-6,8H2,1-2H3,(H2,19,24)(H3,18,22,23)/t13-/m0/s1. The molecule has 0 saturated carbocycles. The summed E-state index contributed by atoms with van der Waals surface area (Å²) in [6.07, 6.45) is 0. The van der Waals surface area contributed by atoms with Crippen LogP contribution in [-0.2, 0) is 0 Å². The maximum absolute atomic E-state index is 6.08. The third kappa shape index (κ3) is 2.90. The predicted molar refractivity (Wildman–Crippen MR) is 103 cm³/mol. The molecule has 1 fully saturated rings. The summed E-state index contributed by atoms with van der Waals surface area (Å²) in [5.41, 5.74) is 13.7. The van der Waals surface area contributed by atoms with E-state index < -0.39 is 0 Å². The van der Waals surface area contributed by atoms with E-state index in [9.17, 15) is 0 Å². The number of hydrogen-bond acceptors (Lipinski definition) is 8. The number of H-pyrrole nitrogens is 1. The summed E-state index contributed by atoms with van der Waals surface area (Å²) in [6.45, 7) is 6.98. The van der Waals surface area contributed by atoms with E-state index in [1.807, 2.05) is 18.2 Å². The molecule has 1 aliphatic heterocycles. The van der Waals surface area contributed by atoms with Gasteiger partial charge in [0.2, 0.25) is 0 Å². The quantitative estimate of drug-likeness (QED) is 0.548. The molecule has 9 nitrogen and oxygen atoms in total. The summed E-state index contributed by atoms with van der Waals surface area (Å²) in [4.78, 5) is 6.89. The molecular weight excluding hydrogens is 330 g/mol. The highest BCUT2D eigenvalue weighted by atomic mass is 15.3. The molecule has 2 aromatic heterocycles. The molecule has 26 heavy (non-hydrogen) atoms. The minimum Gasteiger partial charge on any atom is -0.382 e. The van der Waals surface area contributed by atoms with Crippen LogP contribution in [0.3, 0.4) is 0 Å². The molecule has 3 heterocycles. The van der Waals surface area contributed by atoms with E-state index >= 15 is 0 Å². The van der Waals surface area contributed by atoms with E-state index in [4.69, 9.17) is 16.5 Å². The van der Waals surface area contributed by atoms with E-state index in [1.165, 1.54) is 0 Å². The average Bonchev–Trinajstić information content (AvgIpc) is 3.03. The van der Waals surface area contributed by atoms with E-state index in [0.717, 1.165) is 36.1 Å². The summed E-state index contributed by atoms with van der Waals surface area (Å²) in [5.74, 6) is 2.54. The Bertz CT molecular complexity index is 933. The van der Waals surface area contributed by atoms with Crippen molar-refractivity contribution in [2.24, 2.45) is 5.92 Å². The van der Waals surface area contributed by atoms with E-state index in [1.54, 1.807) is 0 Å². The molecule has 1 saturated heterocycles. The van der Waals surface area contributed by atoms with Crippen molar-refractivity contribution < 1.29 is 0 Å². The zero-order chi connectivity index (χ0) is 18.3. The van der Waals surface area contributed by atoms with Crippen molar-refractivity contribution in [3.05, 3.63) is 18.2 Å². The van der Waals surface area contributed by atoms with Gasteiger partial charge in [-0.15, -0.1) is 10.2 Å². The molecule has 0 spiro atoms. The molecule has 0 aliphatic carbocycles. The number of rotatable bonds is 3. The molecule has 0 bridgehead atoms. The Morgan fingerprint density at radius 3 is 2.85 bits per heavy atom. The van der Waals surface area contributed by atoms with Crippen molar-refractivity contribution in [2.45, 2.75) is 19.9 Å². The molecule has 6 N–H and O–H groups in total. The van der Waals surface area contributed by atoms with Gasteiger partial charge in [0.1, 0.15) is 0 Å². The maximum Gasteiger partial charge on any atom is 0.189 e. The highest BCUT2D eigenvalue weighted by Crippen LogP contribution is 2.27. The lowest BCUT2D eigenvalue weighted by molar-refractivity contribution is 0.367. The van der Waals surface area contributed by atoms with Gasteiger partial charge in [-0.3, -0.25) is 5.10 Å². The second-order valence-electron chi connectivity index (χ2n) is 6.96. The molecule has 0 unspecified atom stereocenters. The van der Waals surface area contributed by atoms with Crippen molar-refractivity contribution in [3.8, 4) is 11.4 Å². The molecule has 0 amide bonds. The van der Waals surface area contributed by atoms with Crippen LogP contribution < -0.4 is 21.7 Å². The van der Waals surface area contributed by atoms with Gasteiger partial charge in [-0.1, -0.05) is 13.8 Å². The van der Waals surface area contributed by atoms with Crippen molar-refractivity contribution in [2.75, 3.05) is 36.0 Å². The predicted octanol–water partition coefficient (Wildman–Crippen LogP) is 1.01. The molecule has 0 radical (unpaired) electrons. The normalized spacial score (nSPS) is 18.0. The van der Waals surface area contributed by atoms with Gasteiger partial charge in [0.25, 0.3) is 0 Å². The number of aromatic nitrogens is 5. The largest absolute Gasteiger partial charge is 0.382 e. The van der Waals surface area contributed by atoms with Crippen LogP contribution in [0.5, 0.6) is 0 Å². The van der Waals surface area contributed by atoms with Crippen LogP contribution in [0.4, 0.5) is 17.5 Å². The number of nitrogens with one attached hydrogen (secondary N) is 2. The van der Waals surface area contributed by atoms with E-state index in [-0.39, 0.29) is 0 Å². The second kappa shape index (κ2) is 6.41.